The van der Waals surface area contributed by atoms with E-state index in [1.165, 1.54) is 24.0 Å². The number of carbonyl (C=O) groups excluding carboxylic acids is 1. The van der Waals surface area contributed by atoms with Gasteiger partial charge in [-0.25, -0.2) is 0 Å². The van der Waals surface area contributed by atoms with Crippen molar-refractivity contribution in [3.63, 3.8) is 0 Å². The molecule has 0 radical (unpaired) electrons. The van der Waals surface area contributed by atoms with E-state index in [-0.39, 0.29) is 17.6 Å². The molecular weight excluding hydrogens is 374 g/mol. The van der Waals surface area contributed by atoms with Crippen LogP contribution in [0.4, 0.5) is 0 Å². The minimum absolute atomic E-state index is 0.0645. The maximum Gasteiger partial charge on any atom is 0.261 e. The molecule has 2 atom stereocenters. The average Bonchev–Trinajstić information content (AvgIpc) is 2.71. The zero-order valence-electron chi connectivity index (χ0n) is 18.6. The van der Waals surface area contributed by atoms with Crippen LogP contribution in [0.1, 0.15) is 74.8 Å². The average molecular weight is 408 g/mol. The Labute approximate surface area is 180 Å². The van der Waals surface area contributed by atoms with Gasteiger partial charge in [0, 0.05) is 12.0 Å². The summed E-state index contributed by atoms with van der Waals surface area (Å²) in [6.45, 7) is 8.19. The third kappa shape index (κ3) is 4.48. The minimum atomic E-state index is -0.508. The lowest BCUT2D eigenvalue weighted by Crippen LogP contribution is -2.45. The summed E-state index contributed by atoms with van der Waals surface area (Å²) in [7, 11) is 0. The first-order valence-corrected chi connectivity index (χ1v) is 11.2. The van der Waals surface area contributed by atoms with Crippen molar-refractivity contribution in [1.82, 2.24) is 5.32 Å². The van der Waals surface area contributed by atoms with Gasteiger partial charge in [-0.15, -0.1) is 0 Å². The summed E-state index contributed by atoms with van der Waals surface area (Å²) in [5.41, 5.74) is 4.66. The molecule has 0 saturated carbocycles. The number of aryl methyl sites for hydroxylation is 3. The molecule has 0 aromatic heterocycles. The van der Waals surface area contributed by atoms with Gasteiger partial charge in [-0.2, -0.15) is 0 Å². The summed E-state index contributed by atoms with van der Waals surface area (Å²) >= 11 is 0. The maximum atomic E-state index is 13.2. The van der Waals surface area contributed by atoms with Crippen molar-refractivity contribution in [3.8, 4) is 11.5 Å². The molecule has 2 aliphatic rings. The lowest BCUT2D eigenvalue weighted by molar-refractivity contribution is -0.129. The fourth-order valence-electron chi connectivity index (χ4n) is 4.64. The number of rotatable bonds is 5. The van der Waals surface area contributed by atoms with Gasteiger partial charge in [0.25, 0.3) is 5.91 Å². The highest BCUT2D eigenvalue weighted by atomic mass is 16.5. The van der Waals surface area contributed by atoms with Crippen molar-refractivity contribution in [2.24, 2.45) is 0 Å². The third-order valence-electron chi connectivity index (χ3n) is 6.20. The monoisotopic (exact) mass is 407 g/mol. The summed E-state index contributed by atoms with van der Waals surface area (Å²) in [4.78, 5) is 13.2. The summed E-state index contributed by atoms with van der Waals surface area (Å²) in [5, 5.41) is 3.25. The summed E-state index contributed by atoms with van der Waals surface area (Å²) in [6, 6.07) is 12.4. The van der Waals surface area contributed by atoms with Crippen LogP contribution in [0.5, 0.6) is 11.5 Å². The highest BCUT2D eigenvalue weighted by Crippen LogP contribution is 2.40. The van der Waals surface area contributed by atoms with Crippen LogP contribution in [0, 0.1) is 6.92 Å². The molecule has 0 bridgehead atoms. The minimum Gasteiger partial charge on any atom is -0.487 e. The first-order chi connectivity index (χ1) is 14.3. The van der Waals surface area contributed by atoms with E-state index in [0.717, 1.165) is 41.9 Å². The van der Waals surface area contributed by atoms with Gasteiger partial charge in [0.15, 0.2) is 6.10 Å². The second kappa shape index (κ2) is 8.33. The van der Waals surface area contributed by atoms with Crippen LogP contribution in [0.3, 0.4) is 0 Å². The number of fused-ring (bicyclic) bond motifs is 2. The van der Waals surface area contributed by atoms with Gasteiger partial charge < -0.3 is 14.8 Å². The number of amides is 1. The Kier molecular flexibility index (Phi) is 5.77. The quantitative estimate of drug-likeness (QED) is 0.717. The number of benzene rings is 2. The van der Waals surface area contributed by atoms with E-state index < -0.39 is 6.10 Å². The predicted octanol–water partition coefficient (Wildman–Crippen LogP) is 5.45. The number of hydrogen-bond acceptors (Lipinski definition) is 3. The molecular formula is C26H33NO3. The molecule has 1 heterocycles. The lowest BCUT2D eigenvalue weighted by Gasteiger charge is -2.38. The van der Waals surface area contributed by atoms with Crippen molar-refractivity contribution in [3.05, 3.63) is 58.7 Å². The van der Waals surface area contributed by atoms with Crippen molar-refractivity contribution in [1.29, 1.82) is 0 Å². The Morgan fingerprint density at radius 3 is 2.70 bits per heavy atom. The molecule has 0 spiro atoms. The predicted molar refractivity (Wildman–Crippen MR) is 119 cm³/mol. The molecule has 2 aromatic rings. The Hall–Kier alpha value is -2.49. The van der Waals surface area contributed by atoms with Crippen LogP contribution in [-0.2, 0) is 17.6 Å². The van der Waals surface area contributed by atoms with Crippen LogP contribution >= 0.6 is 0 Å². The molecule has 4 heteroatoms. The van der Waals surface area contributed by atoms with E-state index in [9.17, 15) is 4.79 Å². The molecule has 160 valence electrons. The molecule has 2 aromatic carbocycles. The standard InChI is InChI=1S/C26H33NO3/c1-5-23(29-20-12-11-18-8-6-7-9-19(18)15-20)25(28)27-22-16-26(3,4)30-24-13-10-17(2)14-21(22)24/h10-15,22-23H,5-9,16H2,1-4H3,(H,27,28). The molecule has 1 aliphatic heterocycles. The Morgan fingerprint density at radius 2 is 1.93 bits per heavy atom. The molecule has 2 unspecified atom stereocenters. The first kappa shape index (κ1) is 20.8. The van der Waals surface area contributed by atoms with E-state index >= 15 is 0 Å². The Bertz CT molecular complexity index is 934. The number of ether oxygens (including phenoxy) is 2. The number of hydrogen-bond donors (Lipinski definition) is 1. The molecule has 0 fully saturated rings. The Morgan fingerprint density at radius 1 is 1.17 bits per heavy atom. The van der Waals surface area contributed by atoms with Crippen LogP contribution in [0.25, 0.3) is 0 Å². The molecule has 0 saturated heterocycles. The van der Waals surface area contributed by atoms with Gasteiger partial charge in [0.05, 0.1) is 6.04 Å². The maximum absolute atomic E-state index is 13.2. The molecule has 30 heavy (non-hydrogen) atoms. The van der Waals surface area contributed by atoms with Crippen molar-refractivity contribution in [2.75, 3.05) is 0 Å². The van der Waals surface area contributed by atoms with Gasteiger partial charge in [0.1, 0.15) is 17.1 Å². The van der Waals surface area contributed by atoms with Crippen LogP contribution in [-0.4, -0.2) is 17.6 Å². The van der Waals surface area contributed by atoms with E-state index in [4.69, 9.17) is 9.47 Å². The van der Waals surface area contributed by atoms with E-state index in [1.807, 2.05) is 25.1 Å². The number of nitrogens with one attached hydrogen (secondary N) is 1. The van der Waals surface area contributed by atoms with Gasteiger partial charge in [-0.05, 0) is 82.2 Å². The summed E-state index contributed by atoms with van der Waals surface area (Å²) in [5.74, 6) is 1.58. The van der Waals surface area contributed by atoms with Gasteiger partial charge >= 0.3 is 0 Å². The summed E-state index contributed by atoms with van der Waals surface area (Å²) < 4.78 is 12.3. The number of carbonyl (C=O) groups is 1. The van der Waals surface area contributed by atoms with Crippen molar-refractivity contribution < 1.29 is 14.3 Å². The fourth-order valence-corrected chi connectivity index (χ4v) is 4.64. The van der Waals surface area contributed by atoms with Crippen LogP contribution < -0.4 is 14.8 Å². The van der Waals surface area contributed by atoms with E-state index in [2.05, 4.69) is 44.3 Å². The zero-order chi connectivity index (χ0) is 21.3. The zero-order valence-corrected chi connectivity index (χ0v) is 18.6. The normalized spacial score (nSPS) is 20.3. The SMILES string of the molecule is CCC(Oc1ccc2c(c1)CCCC2)C(=O)NC1CC(C)(C)Oc2ccc(C)cc21. The topological polar surface area (TPSA) is 47.6 Å². The Balaban J connectivity index is 1.50. The highest BCUT2D eigenvalue weighted by Gasteiger charge is 2.35. The largest absolute Gasteiger partial charge is 0.487 e. The second-order valence-electron chi connectivity index (χ2n) is 9.32. The molecule has 4 rings (SSSR count). The smallest absolute Gasteiger partial charge is 0.261 e. The van der Waals surface area contributed by atoms with Crippen molar-refractivity contribution in [2.45, 2.75) is 84.0 Å². The van der Waals surface area contributed by atoms with Crippen molar-refractivity contribution >= 4 is 5.91 Å². The molecule has 1 amide bonds. The fraction of sp³-hybridized carbons (Fsp3) is 0.500. The highest BCUT2D eigenvalue weighted by molar-refractivity contribution is 5.81. The van der Waals surface area contributed by atoms with Gasteiger partial charge in [-0.1, -0.05) is 30.7 Å². The third-order valence-corrected chi connectivity index (χ3v) is 6.20. The first-order valence-electron chi connectivity index (χ1n) is 11.2. The van der Waals surface area contributed by atoms with Crippen LogP contribution in [0.2, 0.25) is 0 Å². The van der Waals surface area contributed by atoms with Crippen LogP contribution in [0.15, 0.2) is 36.4 Å². The van der Waals surface area contributed by atoms with Gasteiger partial charge in [0.2, 0.25) is 0 Å². The molecule has 1 N–H and O–H groups in total. The second-order valence-corrected chi connectivity index (χ2v) is 9.32. The molecule has 1 aliphatic carbocycles. The van der Waals surface area contributed by atoms with E-state index in [0.29, 0.717) is 6.42 Å². The van der Waals surface area contributed by atoms with Gasteiger partial charge in [-0.3, -0.25) is 4.79 Å². The molecule has 4 nitrogen and oxygen atoms in total. The summed E-state index contributed by atoms with van der Waals surface area (Å²) in [6.07, 6.45) is 5.57. The van der Waals surface area contributed by atoms with E-state index in [1.54, 1.807) is 0 Å². The lowest BCUT2D eigenvalue weighted by atomic mass is 9.88.